The molecule has 1 saturated carbocycles. The fourth-order valence-corrected chi connectivity index (χ4v) is 6.76. The highest BCUT2D eigenvalue weighted by Gasteiger charge is 2.26. The van der Waals surface area contributed by atoms with Crippen LogP contribution in [0.3, 0.4) is 0 Å². The van der Waals surface area contributed by atoms with Gasteiger partial charge in [0.05, 0.1) is 27.3 Å². The second-order valence-corrected chi connectivity index (χ2v) is 12.1. The lowest BCUT2D eigenvalue weighted by atomic mass is 9.93. The highest BCUT2D eigenvalue weighted by atomic mass is 35.5. The van der Waals surface area contributed by atoms with E-state index in [1.54, 1.807) is 48.8 Å². The maximum atomic E-state index is 13.6. The van der Waals surface area contributed by atoms with Crippen LogP contribution in [-0.2, 0) is 10.0 Å². The van der Waals surface area contributed by atoms with Crippen molar-refractivity contribution in [2.45, 2.75) is 42.7 Å². The Balaban J connectivity index is 1.29. The molecule has 2 heterocycles. The zero-order chi connectivity index (χ0) is 27.7. The minimum Gasteiger partial charge on any atom is -0.490 e. The molecule has 0 bridgehead atoms. The number of benzene rings is 3. The predicted molar refractivity (Wildman–Crippen MR) is 158 cm³/mol. The number of fused-ring (bicyclic) bond motifs is 1. The molecule has 204 valence electrons. The van der Waals surface area contributed by atoms with Gasteiger partial charge in [-0.3, -0.25) is 0 Å². The number of hydrogen-bond donors (Lipinski definition) is 2. The van der Waals surface area contributed by atoms with Crippen molar-refractivity contribution in [1.29, 1.82) is 0 Å². The summed E-state index contributed by atoms with van der Waals surface area (Å²) in [7, 11) is -3.84. The van der Waals surface area contributed by atoms with Crippen molar-refractivity contribution in [1.82, 2.24) is 13.9 Å². The van der Waals surface area contributed by atoms with E-state index >= 15 is 0 Å². The Morgan fingerprint density at radius 1 is 0.975 bits per heavy atom. The van der Waals surface area contributed by atoms with Crippen molar-refractivity contribution in [3.63, 3.8) is 0 Å². The van der Waals surface area contributed by atoms with Gasteiger partial charge in [-0.2, -0.15) is 0 Å². The van der Waals surface area contributed by atoms with Crippen LogP contribution in [-0.4, -0.2) is 34.5 Å². The van der Waals surface area contributed by atoms with Crippen molar-refractivity contribution in [2.24, 2.45) is 0 Å². The average molecular weight is 574 g/mol. The summed E-state index contributed by atoms with van der Waals surface area (Å²) in [6, 6.07) is 23.2. The van der Waals surface area contributed by atoms with Gasteiger partial charge < -0.3 is 15.8 Å². The average Bonchev–Trinajstić information content (AvgIpc) is 3.36. The van der Waals surface area contributed by atoms with Gasteiger partial charge in [0.15, 0.2) is 0 Å². The van der Waals surface area contributed by atoms with Gasteiger partial charge in [0.25, 0.3) is 10.0 Å². The maximum absolute atomic E-state index is 13.6. The third-order valence-corrected chi connectivity index (χ3v) is 9.08. The van der Waals surface area contributed by atoms with Crippen molar-refractivity contribution in [3.8, 4) is 17.0 Å². The Bertz CT molecular complexity index is 1760. The molecule has 1 aliphatic rings. The standard InChI is InChI=1S/C30H28ClN5O3S/c31-27-18-33-30(34-21-7-6-8-23(17-21)39-22-15-13-20(32)14-16-22)35-29(27)26-19-36(28-12-5-4-11-25(26)28)40(37,38)24-9-2-1-3-10-24/h1-5,9-16,18-19,21,23H,6-8,17,32H2,(H,33,34,35)/t21-,23?/m1/s1. The Morgan fingerprint density at radius 3 is 2.52 bits per heavy atom. The van der Waals surface area contributed by atoms with E-state index in [1.165, 1.54) is 3.97 Å². The van der Waals surface area contributed by atoms with Crippen LogP contribution in [0.1, 0.15) is 25.7 Å². The second kappa shape index (κ2) is 10.8. The fraction of sp³-hybridized carbons (Fsp3) is 0.200. The molecular formula is C30H28ClN5O3S. The molecule has 0 radical (unpaired) electrons. The predicted octanol–water partition coefficient (Wildman–Crippen LogP) is 6.37. The Kier molecular flexibility index (Phi) is 7.08. The molecule has 0 amide bonds. The highest BCUT2D eigenvalue weighted by molar-refractivity contribution is 7.90. The summed E-state index contributed by atoms with van der Waals surface area (Å²) in [5, 5.41) is 4.51. The van der Waals surface area contributed by atoms with Crippen LogP contribution in [0.5, 0.6) is 5.75 Å². The molecule has 8 nitrogen and oxygen atoms in total. The number of para-hydroxylation sites is 1. The number of halogens is 1. The summed E-state index contributed by atoms with van der Waals surface area (Å²) >= 11 is 6.60. The number of aromatic nitrogens is 3. The van der Waals surface area contributed by atoms with Crippen molar-refractivity contribution >= 4 is 44.2 Å². The van der Waals surface area contributed by atoms with E-state index in [0.29, 0.717) is 33.4 Å². The van der Waals surface area contributed by atoms with E-state index in [4.69, 9.17) is 27.1 Å². The molecule has 2 atom stereocenters. The summed E-state index contributed by atoms with van der Waals surface area (Å²) in [5.41, 5.74) is 8.11. The minimum atomic E-state index is -3.84. The van der Waals surface area contributed by atoms with Gasteiger partial charge in [0.1, 0.15) is 11.9 Å². The lowest BCUT2D eigenvalue weighted by Gasteiger charge is -2.30. The molecule has 1 aliphatic carbocycles. The molecule has 0 spiro atoms. The van der Waals surface area contributed by atoms with Gasteiger partial charge in [0.2, 0.25) is 5.95 Å². The van der Waals surface area contributed by atoms with Crippen LogP contribution in [0.15, 0.2) is 96.2 Å². The molecule has 0 saturated heterocycles. The first kappa shape index (κ1) is 26.2. The molecule has 2 aromatic heterocycles. The monoisotopic (exact) mass is 573 g/mol. The number of anilines is 2. The number of nitrogens with two attached hydrogens (primary N) is 1. The number of nitrogens with one attached hydrogen (secondary N) is 1. The Morgan fingerprint density at radius 2 is 1.73 bits per heavy atom. The zero-order valence-electron chi connectivity index (χ0n) is 21.6. The molecule has 1 unspecified atom stereocenters. The van der Waals surface area contributed by atoms with Crippen molar-refractivity contribution < 1.29 is 13.2 Å². The molecule has 5 aromatic rings. The summed E-state index contributed by atoms with van der Waals surface area (Å²) in [6.45, 7) is 0. The first-order chi connectivity index (χ1) is 19.4. The summed E-state index contributed by atoms with van der Waals surface area (Å²) < 4.78 is 34.6. The number of hydrogen-bond acceptors (Lipinski definition) is 7. The molecule has 0 aliphatic heterocycles. The van der Waals surface area contributed by atoms with E-state index in [1.807, 2.05) is 42.5 Å². The number of ether oxygens (including phenoxy) is 1. The van der Waals surface area contributed by atoms with E-state index in [2.05, 4.69) is 10.3 Å². The smallest absolute Gasteiger partial charge is 0.268 e. The van der Waals surface area contributed by atoms with E-state index in [0.717, 1.165) is 36.8 Å². The van der Waals surface area contributed by atoms with Crippen LogP contribution >= 0.6 is 11.6 Å². The molecule has 3 aromatic carbocycles. The van der Waals surface area contributed by atoms with Crippen LogP contribution in [0, 0.1) is 0 Å². The van der Waals surface area contributed by atoms with Crippen LogP contribution in [0.4, 0.5) is 11.6 Å². The SMILES string of the molecule is Nc1ccc(OC2CCC[C@@H](Nc3ncc(Cl)c(-c4cn(S(=O)(=O)c5ccccc5)c5ccccc45)n3)C2)cc1. The van der Waals surface area contributed by atoms with Gasteiger partial charge in [-0.15, -0.1) is 0 Å². The molecule has 3 N–H and O–H groups in total. The lowest BCUT2D eigenvalue weighted by molar-refractivity contribution is 0.148. The number of nitrogens with zero attached hydrogens (tertiary/aromatic N) is 3. The highest BCUT2D eigenvalue weighted by Crippen LogP contribution is 2.36. The van der Waals surface area contributed by atoms with Gasteiger partial charge in [-0.25, -0.2) is 22.4 Å². The van der Waals surface area contributed by atoms with E-state index in [9.17, 15) is 8.42 Å². The molecular weight excluding hydrogens is 546 g/mol. The maximum Gasteiger partial charge on any atom is 0.268 e. The van der Waals surface area contributed by atoms with Gasteiger partial charge in [-0.1, -0.05) is 48.0 Å². The number of rotatable bonds is 7. The second-order valence-electron chi connectivity index (χ2n) is 9.88. The molecule has 40 heavy (non-hydrogen) atoms. The van der Waals surface area contributed by atoms with Crippen LogP contribution in [0.2, 0.25) is 5.02 Å². The largest absolute Gasteiger partial charge is 0.490 e. The van der Waals surface area contributed by atoms with Crippen molar-refractivity contribution in [3.05, 3.63) is 96.3 Å². The topological polar surface area (TPSA) is 112 Å². The first-order valence-corrected chi connectivity index (χ1v) is 14.9. The summed E-state index contributed by atoms with van der Waals surface area (Å²) in [6.07, 6.45) is 6.91. The minimum absolute atomic E-state index is 0.0582. The van der Waals surface area contributed by atoms with Crippen LogP contribution < -0.4 is 15.8 Å². The first-order valence-electron chi connectivity index (χ1n) is 13.1. The quantitative estimate of drug-likeness (QED) is 0.217. The van der Waals surface area contributed by atoms with Gasteiger partial charge in [-0.05, 0) is 61.7 Å². The fourth-order valence-electron chi connectivity index (χ4n) is 5.17. The normalized spacial score (nSPS) is 17.5. The summed E-state index contributed by atoms with van der Waals surface area (Å²) in [4.78, 5) is 9.38. The lowest BCUT2D eigenvalue weighted by Crippen LogP contribution is -2.33. The molecule has 6 rings (SSSR count). The Hall–Kier alpha value is -4.08. The molecule has 10 heteroatoms. The molecule has 1 fully saturated rings. The number of nitrogen functional groups attached to an aromatic ring is 1. The Labute approximate surface area is 237 Å². The van der Waals surface area contributed by atoms with E-state index in [-0.39, 0.29) is 17.0 Å². The zero-order valence-corrected chi connectivity index (χ0v) is 23.1. The third-order valence-electron chi connectivity index (χ3n) is 7.12. The van der Waals surface area contributed by atoms with E-state index < -0.39 is 10.0 Å². The van der Waals surface area contributed by atoms with Gasteiger partial charge >= 0.3 is 0 Å². The van der Waals surface area contributed by atoms with Crippen molar-refractivity contribution in [2.75, 3.05) is 11.1 Å². The van der Waals surface area contributed by atoms with Crippen LogP contribution in [0.25, 0.3) is 22.2 Å². The third kappa shape index (κ3) is 5.22. The van der Waals surface area contributed by atoms with Gasteiger partial charge in [0, 0.05) is 35.3 Å². The summed E-state index contributed by atoms with van der Waals surface area (Å²) in [5.74, 6) is 1.23.